The van der Waals surface area contributed by atoms with E-state index in [1.807, 2.05) is 32.0 Å². The van der Waals surface area contributed by atoms with Gasteiger partial charge >= 0.3 is 0 Å². The molecule has 0 spiro atoms. The SMILES string of the molecule is Cc1ccc(C)c(CS(=O)(=O)c2ccc(N)cc2)c1. The molecule has 0 fully saturated rings. The number of anilines is 1. The van der Waals surface area contributed by atoms with Crippen LogP contribution in [0.4, 0.5) is 5.69 Å². The molecule has 0 aliphatic rings. The summed E-state index contributed by atoms with van der Waals surface area (Å²) in [4.78, 5) is 0.308. The van der Waals surface area contributed by atoms with Crippen molar-refractivity contribution in [2.75, 3.05) is 5.73 Å². The van der Waals surface area contributed by atoms with E-state index < -0.39 is 9.84 Å². The van der Waals surface area contributed by atoms with E-state index in [0.29, 0.717) is 10.6 Å². The van der Waals surface area contributed by atoms with Gasteiger partial charge in [-0.15, -0.1) is 0 Å². The Hall–Kier alpha value is -1.81. The summed E-state index contributed by atoms with van der Waals surface area (Å²) in [6.07, 6.45) is 0. The van der Waals surface area contributed by atoms with Crippen LogP contribution in [0.5, 0.6) is 0 Å². The average Bonchev–Trinajstić information content (AvgIpc) is 2.34. The zero-order chi connectivity index (χ0) is 14.0. The van der Waals surface area contributed by atoms with Gasteiger partial charge in [-0.2, -0.15) is 0 Å². The minimum absolute atomic E-state index is 0.0183. The Balaban J connectivity index is 2.36. The van der Waals surface area contributed by atoms with Crippen LogP contribution in [-0.2, 0) is 15.6 Å². The van der Waals surface area contributed by atoms with E-state index in [-0.39, 0.29) is 5.75 Å². The summed E-state index contributed by atoms with van der Waals surface area (Å²) in [5, 5.41) is 0. The third kappa shape index (κ3) is 3.15. The van der Waals surface area contributed by atoms with Gasteiger partial charge in [0.2, 0.25) is 0 Å². The minimum atomic E-state index is -3.32. The summed E-state index contributed by atoms with van der Waals surface area (Å²) in [5.41, 5.74) is 9.03. The fraction of sp³-hybridized carbons (Fsp3) is 0.200. The van der Waals surface area contributed by atoms with E-state index in [9.17, 15) is 8.42 Å². The highest BCUT2D eigenvalue weighted by Gasteiger charge is 2.16. The maximum atomic E-state index is 12.3. The monoisotopic (exact) mass is 275 g/mol. The van der Waals surface area contributed by atoms with E-state index in [4.69, 9.17) is 5.73 Å². The van der Waals surface area contributed by atoms with Crippen molar-refractivity contribution in [2.45, 2.75) is 24.5 Å². The summed E-state index contributed by atoms with van der Waals surface area (Å²) < 4.78 is 24.7. The summed E-state index contributed by atoms with van der Waals surface area (Å²) in [7, 11) is -3.32. The van der Waals surface area contributed by atoms with Gasteiger partial charge in [-0.1, -0.05) is 23.8 Å². The predicted molar refractivity (Wildman–Crippen MR) is 77.7 cm³/mol. The lowest BCUT2D eigenvalue weighted by molar-refractivity contribution is 0.595. The Kier molecular flexibility index (Phi) is 3.62. The topological polar surface area (TPSA) is 60.2 Å². The van der Waals surface area contributed by atoms with Gasteiger partial charge in [0, 0.05) is 5.69 Å². The number of nitrogens with two attached hydrogens (primary N) is 1. The van der Waals surface area contributed by atoms with Crippen LogP contribution >= 0.6 is 0 Å². The van der Waals surface area contributed by atoms with Gasteiger partial charge < -0.3 is 5.73 Å². The largest absolute Gasteiger partial charge is 0.399 e. The van der Waals surface area contributed by atoms with Crippen molar-refractivity contribution in [3.05, 3.63) is 59.2 Å². The number of aryl methyl sites for hydroxylation is 2. The molecule has 0 saturated heterocycles. The van der Waals surface area contributed by atoms with Gasteiger partial charge in [0.05, 0.1) is 10.6 Å². The molecule has 0 unspecified atom stereocenters. The first-order valence-corrected chi connectivity index (χ1v) is 7.68. The summed E-state index contributed by atoms with van der Waals surface area (Å²) in [6, 6.07) is 12.2. The minimum Gasteiger partial charge on any atom is -0.399 e. The Morgan fingerprint density at radius 1 is 1.00 bits per heavy atom. The Morgan fingerprint density at radius 2 is 1.63 bits per heavy atom. The van der Waals surface area contributed by atoms with Crippen LogP contribution in [0, 0.1) is 13.8 Å². The second-order valence-electron chi connectivity index (χ2n) is 4.76. The molecule has 0 aromatic heterocycles. The normalized spacial score (nSPS) is 11.5. The average molecular weight is 275 g/mol. The highest BCUT2D eigenvalue weighted by molar-refractivity contribution is 7.90. The molecule has 3 nitrogen and oxygen atoms in total. The van der Waals surface area contributed by atoms with E-state index in [0.717, 1.165) is 16.7 Å². The molecule has 0 atom stereocenters. The second-order valence-corrected chi connectivity index (χ2v) is 6.75. The Labute approximate surface area is 114 Å². The quantitative estimate of drug-likeness (QED) is 0.876. The second kappa shape index (κ2) is 5.05. The number of sulfone groups is 1. The van der Waals surface area contributed by atoms with Crippen LogP contribution in [0.25, 0.3) is 0 Å². The molecule has 2 N–H and O–H groups in total. The summed E-state index contributed by atoms with van der Waals surface area (Å²) in [6.45, 7) is 3.88. The number of rotatable bonds is 3. The molecular weight excluding hydrogens is 258 g/mol. The molecule has 100 valence electrons. The molecule has 0 heterocycles. The third-order valence-electron chi connectivity index (χ3n) is 3.09. The molecule has 2 aromatic rings. The highest BCUT2D eigenvalue weighted by Crippen LogP contribution is 2.20. The smallest absolute Gasteiger partial charge is 0.182 e. The fourth-order valence-corrected chi connectivity index (χ4v) is 3.36. The predicted octanol–water partition coefficient (Wildman–Crippen LogP) is 2.86. The molecule has 0 amide bonds. The maximum absolute atomic E-state index is 12.3. The van der Waals surface area contributed by atoms with Crippen molar-refractivity contribution >= 4 is 15.5 Å². The third-order valence-corrected chi connectivity index (χ3v) is 4.77. The van der Waals surface area contributed by atoms with Crippen molar-refractivity contribution in [3.63, 3.8) is 0 Å². The van der Waals surface area contributed by atoms with Crippen LogP contribution in [0.3, 0.4) is 0 Å². The van der Waals surface area contributed by atoms with Gasteiger partial charge in [0.15, 0.2) is 9.84 Å². The highest BCUT2D eigenvalue weighted by atomic mass is 32.2. The first-order valence-electron chi connectivity index (χ1n) is 6.03. The maximum Gasteiger partial charge on any atom is 0.182 e. The number of hydrogen-bond donors (Lipinski definition) is 1. The number of hydrogen-bond acceptors (Lipinski definition) is 3. The van der Waals surface area contributed by atoms with Crippen LogP contribution in [0.2, 0.25) is 0 Å². The van der Waals surface area contributed by atoms with Gasteiger partial charge in [-0.05, 0) is 49.2 Å². The molecule has 0 radical (unpaired) electrons. The molecule has 19 heavy (non-hydrogen) atoms. The van der Waals surface area contributed by atoms with Crippen molar-refractivity contribution < 1.29 is 8.42 Å². The molecule has 0 bridgehead atoms. The van der Waals surface area contributed by atoms with Crippen molar-refractivity contribution in [2.24, 2.45) is 0 Å². The van der Waals surface area contributed by atoms with Gasteiger partial charge in [0.25, 0.3) is 0 Å². The first kappa shape index (κ1) is 13.6. The Bertz CT molecular complexity index is 689. The molecule has 2 aromatic carbocycles. The molecule has 0 aliphatic heterocycles. The van der Waals surface area contributed by atoms with E-state index in [1.165, 1.54) is 0 Å². The lowest BCUT2D eigenvalue weighted by Gasteiger charge is -2.09. The van der Waals surface area contributed by atoms with Gasteiger partial charge in [0.1, 0.15) is 0 Å². The van der Waals surface area contributed by atoms with Gasteiger partial charge in [-0.3, -0.25) is 0 Å². The van der Waals surface area contributed by atoms with Crippen LogP contribution in [0.15, 0.2) is 47.4 Å². The molecule has 0 aliphatic carbocycles. The summed E-state index contributed by atoms with van der Waals surface area (Å²) in [5.74, 6) is 0.0183. The van der Waals surface area contributed by atoms with Crippen LogP contribution in [-0.4, -0.2) is 8.42 Å². The van der Waals surface area contributed by atoms with Crippen molar-refractivity contribution in [1.29, 1.82) is 0 Å². The lowest BCUT2D eigenvalue weighted by atomic mass is 10.1. The zero-order valence-corrected chi connectivity index (χ0v) is 11.9. The van der Waals surface area contributed by atoms with E-state index in [2.05, 4.69) is 0 Å². The standard InChI is InChI=1S/C15H17NO2S/c1-11-3-4-12(2)13(9-11)10-19(17,18)15-7-5-14(16)6-8-15/h3-9H,10,16H2,1-2H3. The molecular formula is C15H17NO2S. The Morgan fingerprint density at radius 3 is 2.26 bits per heavy atom. The zero-order valence-electron chi connectivity index (χ0n) is 11.1. The van der Waals surface area contributed by atoms with Gasteiger partial charge in [-0.25, -0.2) is 8.42 Å². The molecule has 2 rings (SSSR count). The molecule has 4 heteroatoms. The fourth-order valence-electron chi connectivity index (χ4n) is 1.92. The molecule has 0 saturated carbocycles. The van der Waals surface area contributed by atoms with E-state index in [1.54, 1.807) is 24.3 Å². The number of benzene rings is 2. The van der Waals surface area contributed by atoms with Crippen molar-refractivity contribution in [1.82, 2.24) is 0 Å². The van der Waals surface area contributed by atoms with Crippen molar-refractivity contribution in [3.8, 4) is 0 Å². The lowest BCUT2D eigenvalue weighted by Crippen LogP contribution is -2.06. The summed E-state index contributed by atoms with van der Waals surface area (Å²) >= 11 is 0. The van der Waals surface area contributed by atoms with E-state index >= 15 is 0 Å². The van der Waals surface area contributed by atoms with Crippen LogP contribution < -0.4 is 5.73 Å². The van der Waals surface area contributed by atoms with Crippen LogP contribution in [0.1, 0.15) is 16.7 Å². The number of nitrogen functional groups attached to an aromatic ring is 1. The first-order chi connectivity index (χ1) is 8.88.